The van der Waals surface area contributed by atoms with E-state index in [-0.39, 0.29) is 5.69 Å². The van der Waals surface area contributed by atoms with Crippen LogP contribution < -0.4 is 0 Å². The van der Waals surface area contributed by atoms with Gasteiger partial charge in [-0.25, -0.2) is 9.78 Å². The number of nitrogens with zero attached hydrogens (tertiary/aromatic N) is 1. The lowest BCUT2D eigenvalue weighted by molar-refractivity contribution is 0.0692. The van der Waals surface area contributed by atoms with E-state index in [1.807, 2.05) is 19.9 Å². The Hall–Kier alpha value is -0.720. The Labute approximate surface area is 115 Å². The lowest BCUT2D eigenvalue weighted by Crippen LogP contribution is -1.98. The first-order valence-electron chi connectivity index (χ1n) is 5.02. The minimum atomic E-state index is -0.960. The maximum absolute atomic E-state index is 11.2. The van der Waals surface area contributed by atoms with Crippen LogP contribution in [-0.2, 0) is 6.42 Å². The summed E-state index contributed by atoms with van der Waals surface area (Å²) in [5.74, 6) is -0.960. The molecular formula is C11H10BrNO2S2. The standard InChI is InChI=1S/C11H10BrNO2S2/c1-3-8-13-9(11(14)15)10(17-8)7-4-6(12)5(2)16-7/h4H,3H2,1-2H3,(H,14,15). The normalized spacial score (nSPS) is 10.8. The number of aromatic nitrogens is 1. The highest BCUT2D eigenvalue weighted by molar-refractivity contribution is 9.10. The third kappa shape index (κ3) is 2.43. The smallest absolute Gasteiger partial charge is 0.356 e. The molecule has 0 saturated carbocycles. The zero-order valence-electron chi connectivity index (χ0n) is 9.28. The van der Waals surface area contributed by atoms with Gasteiger partial charge in [0.15, 0.2) is 5.69 Å². The van der Waals surface area contributed by atoms with E-state index in [1.54, 1.807) is 11.3 Å². The molecule has 0 aliphatic rings. The predicted molar refractivity (Wildman–Crippen MR) is 74.2 cm³/mol. The molecule has 0 atom stereocenters. The second kappa shape index (κ2) is 4.88. The van der Waals surface area contributed by atoms with Gasteiger partial charge in [0.2, 0.25) is 0 Å². The number of hydrogen-bond acceptors (Lipinski definition) is 4. The van der Waals surface area contributed by atoms with Crippen LogP contribution in [0.5, 0.6) is 0 Å². The van der Waals surface area contributed by atoms with E-state index >= 15 is 0 Å². The number of aryl methyl sites for hydroxylation is 2. The molecule has 0 unspecified atom stereocenters. The summed E-state index contributed by atoms with van der Waals surface area (Å²) in [5, 5.41) is 10.0. The van der Waals surface area contributed by atoms with Crippen LogP contribution in [0.4, 0.5) is 0 Å². The predicted octanol–water partition coefficient (Wildman–Crippen LogP) is 4.20. The van der Waals surface area contributed by atoms with Crippen LogP contribution in [0.3, 0.4) is 0 Å². The van der Waals surface area contributed by atoms with E-state index in [1.165, 1.54) is 11.3 Å². The molecule has 0 bridgehead atoms. The Morgan fingerprint density at radius 1 is 1.53 bits per heavy atom. The Morgan fingerprint density at radius 3 is 2.71 bits per heavy atom. The van der Waals surface area contributed by atoms with Crippen LogP contribution in [0.2, 0.25) is 0 Å². The molecule has 2 rings (SSSR count). The minimum Gasteiger partial charge on any atom is -0.476 e. The fraction of sp³-hybridized carbons (Fsp3) is 0.273. The number of carboxylic acids is 1. The maximum atomic E-state index is 11.2. The molecule has 2 aromatic heterocycles. The Bertz CT molecular complexity index is 555. The highest BCUT2D eigenvalue weighted by Gasteiger charge is 2.20. The molecule has 6 heteroatoms. The molecule has 0 amide bonds. The molecule has 0 fully saturated rings. The van der Waals surface area contributed by atoms with Gasteiger partial charge in [0.25, 0.3) is 0 Å². The second-order valence-corrected chi connectivity index (χ2v) is 6.65. The monoisotopic (exact) mass is 331 g/mol. The van der Waals surface area contributed by atoms with Crippen molar-refractivity contribution in [2.45, 2.75) is 20.3 Å². The molecule has 0 radical (unpaired) electrons. The number of halogens is 1. The fourth-order valence-electron chi connectivity index (χ4n) is 1.40. The van der Waals surface area contributed by atoms with Gasteiger partial charge in [-0.2, -0.15) is 0 Å². The van der Waals surface area contributed by atoms with Crippen molar-refractivity contribution in [3.63, 3.8) is 0 Å². The molecule has 2 heterocycles. The molecule has 0 aliphatic heterocycles. The summed E-state index contributed by atoms with van der Waals surface area (Å²) in [5.41, 5.74) is 0.167. The SMILES string of the molecule is CCc1nc(C(=O)O)c(-c2cc(Br)c(C)s2)s1. The number of carbonyl (C=O) groups is 1. The summed E-state index contributed by atoms with van der Waals surface area (Å²) in [6, 6.07) is 1.96. The summed E-state index contributed by atoms with van der Waals surface area (Å²) >= 11 is 6.49. The fourth-order valence-corrected chi connectivity index (χ4v) is 4.03. The van der Waals surface area contributed by atoms with Gasteiger partial charge in [0.05, 0.1) is 9.88 Å². The van der Waals surface area contributed by atoms with Crippen LogP contribution in [0.15, 0.2) is 10.5 Å². The first kappa shape index (κ1) is 12.7. The number of rotatable bonds is 3. The molecule has 0 spiro atoms. The van der Waals surface area contributed by atoms with Crippen LogP contribution in [0.1, 0.15) is 27.3 Å². The van der Waals surface area contributed by atoms with Crippen LogP contribution in [-0.4, -0.2) is 16.1 Å². The average Bonchev–Trinajstić information content (AvgIpc) is 2.83. The Kier molecular flexibility index (Phi) is 3.65. The van der Waals surface area contributed by atoms with E-state index in [0.717, 1.165) is 30.5 Å². The van der Waals surface area contributed by atoms with Crippen molar-refractivity contribution in [2.75, 3.05) is 0 Å². The number of aromatic carboxylic acids is 1. The van der Waals surface area contributed by atoms with Gasteiger partial charge in [-0.05, 0) is 35.3 Å². The summed E-state index contributed by atoms with van der Waals surface area (Å²) in [7, 11) is 0. The number of thiazole rings is 1. The molecule has 0 aromatic carbocycles. The van der Waals surface area contributed by atoms with Crippen molar-refractivity contribution in [3.8, 4) is 9.75 Å². The van der Waals surface area contributed by atoms with Gasteiger partial charge >= 0.3 is 5.97 Å². The van der Waals surface area contributed by atoms with E-state index in [2.05, 4.69) is 20.9 Å². The van der Waals surface area contributed by atoms with Gasteiger partial charge in [0.1, 0.15) is 0 Å². The summed E-state index contributed by atoms with van der Waals surface area (Å²) in [6.45, 7) is 3.98. The zero-order chi connectivity index (χ0) is 12.6. The number of carboxylic acid groups (broad SMARTS) is 1. The molecular weight excluding hydrogens is 322 g/mol. The maximum Gasteiger partial charge on any atom is 0.356 e. The largest absolute Gasteiger partial charge is 0.476 e. The highest BCUT2D eigenvalue weighted by atomic mass is 79.9. The van der Waals surface area contributed by atoms with Crippen molar-refractivity contribution < 1.29 is 9.90 Å². The topological polar surface area (TPSA) is 50.2 Å². The third-order valence-electron chi connectivity index (χ3n) is 2.26. The van der Waals surface area contributed by atoms with Crippen LogP contribution in [0.25, 0.3) is 9.75 Å². The average molecular weight is 332 g/mol. The Balaban J connectivity index is 2.57. The third-order valence-corrected chi connectivity index (χ3v) is 5.77. The zero-order valence-corrected chi connectivity index (χ0v) is 12.5. The molecule has 3 nitrogen and oxygen atoms in total. The summed E-state index contributed by atoms with van der Waals surface area (Å²) < 4.78 is 1.01. The van der Waals surface area contributed by atoms with E-state index in [0.29, 0.717) is 0 Å². The highest BCUT2D eigenvalue weighted by Crippen LogP contribution is 2.39. The van der Waals surface area contributed by atoms with E-state index in [9.17, 15) is 4.79 Å². The number of hydrogen-bond donors (Lipinski definition) is 1. The first-order valence-corrected chi connectivity index (χ1v) is 7.44. The summed E-state index contributed by atoms with van der Waals surface area (Å²) in [6.07, 6.45) is 0.760. The molecule has 17 heavy (non-hydrogen) atoms. The second-order valence-electron chi connectivity index (χ2n) is 3.46. The van der Waals surface area contributed by atoms with Crippen LogP contribution >= 0.6 is 38.6 Å². The van der Waals surface area contributed by atoms with Crippen LogP contribution in [0, 0.1) is 6.92 Å². The van der Waals surface area contributed by atoms with Gasteiger partial charge in [-0.15, -0.1) is 22.7 Å². The number of thiophene rings is 1. The van der Waals surface area contributed by atoms with E-state index < -0.39 is 5.97 Å². The Morgan fingerprint density at radius 2 is 2.24 bits per heavy atom. The van der Waals surface area contributed by atoms with Crippen molar-refractivity contribution in [3.05, 3.63) is 26.1 Å². The van der Waals surface area contributed by atoms with Crippen molar-refractivity contribution in [2.24, 2.45) is 0 Å². The molecule has 2 aromatic rings. The van der Waals surface area contributed by atoms with E-state index in [4.69, 9.17) is 5.11 Å². The first-order chi connectivity index (χ1) is 8.02. The minimum absolute atomic E-state index is 0.167. The van der Waals surface area contributed by atoms with Crippen molar-refractivity contribution >= 4 is 44.6 Å². The molecule has 1 N–H and O–H groups in total. The molecule has 0 saturated heterocycles. The molecule has 0 aliphatic carbocycles. The lowest BCUT2D eigenvalue weighted by Gasteiger charge is -1.92. The van der Waals surface area contributed by atoms with Gasteiger partial charge in [-0.3, -0.25) is 0 Å². The van der Waals surface area contributed by atoms with Crippen molar-refractivity contribution in [1.29, 1.82) is 0 Å². The van der Waals surface area contributed by atoms with Gasteiger partial charge in [0, 0.05) is 14.2 Å². The molecule has 90 valence electrons. The summed E-state index contributed by atoms with van der Waals surface area (Å²) in [4.78, 5) is 18.2. The quantitative estimate of drug-likeness (QED) is 0.916. The van der Waals surface area contributed by atoms with Gasteiger partial charge < -0.3 is 5.11 Å². The van der Waals surface area contributed by atoms with Gasteiger partial charge in [-0.1, -0.05) is 6.92 Å². The lowest BCUT2D eigenvalue weighted by atomic mass is 10.3. The van der Waals surface area contributed by atoms with Crippen molar-refractivity contribution in [1.82, 2.24) is 4.98 Å².